The van der Waals surface area contributed by atoms with E-state index in [2.05, 4.69) is 10.6 Å². The van der Waals surface area contributed by atoms with Gasteiger partial charge >= 0.3 is 12.0 Å². The molecule has 0 spiro atoms. The zero-order chi connectivity index (χ0) is 15.8. The maximum absolute atomic E-state index is 11.6. The molecule has 0 saturated carbocycles. The molecule has 0 aliphatic heterocycles. The quantitative estimate of drug-likeness (QED) is 0.467. The lowest BCUT2D eigenvalue weighted by molar-refractivity contribution is -0.139. The summed E-state index contributed by atoms with van der Waals surface area (Å²) in [5.41, 5.74) is 4.40. The molecule has 0 fully saturated rings. The van der Waals surface area contributed by atoms with Gasteiger partial charge in [0.25, 0.3) is 0 Å². The van der Waals surface area contributed by atoms with Crippen LogP contribution in [0.25, 0.3) is 0 Å². The number of aliphatic carboxylic acids is 1. The van der Waals surface area contributed by atoms with Crippen molar-refractivity contribution in [1.29, 1.82) is 0 Å². The molecule has 3 amide bonds. The first-order valence-corrected chi connectivity index (χ1v) is 6.37. The Labute approximate surface area is 118 Å². The Kier molecular flexibility index (Phi) is 7.60. The van der Waals surface area contributed by atoms with Crippen LogP contribution in [0.5, 0.6) is 0 Å². The molecule has 0 aliphatic rings. The Bertz CT molecular complexity index is 357. The standard InChI is InChI=1S/C12H23N3O5/c1-4-20-12(2,3)7-14-11(19)15-8(10(17)18)5-6-9(13)16/h8H,4-7H2,1-3H3,(H2,13,16)(H,17,18)(H2,14,15,19)/t8-/m1/s1. The Hall–Kier alpha value is -1.83. The smallest absolute Gasteiger partial charge is 0.326 e. The average Bonchev–Trinajstić information content (AvgIpc) is 2.31. The van der Waals surface area contributed by atoms with Gasteiger partial charge in [-0.3, -0.25) is 4.79 Å². The highest BCUT2D eigenvalue weighted by Gasteiger charge is 2.22. The lowest BCUT2D eigenvalue weighted by Crippen LogP contribution is -2.50. The monoisotopic (exact) mass is 289 g/mol. The molecule has 0 aromatic heterocycles. The second-order valence-electron chi connectivity index (χ2n) is 4.92. The fourth-order valence-corrected chi connectivity index (χ4v) is 1.49. The highest BCUT2D eigenvalue weighted by atomic mass is 16.5. The summed E-state index contributed by atoms with van der Waals surface area (Å²) in [6.45, 7) is 6.19. The number of nitrogens with one attached hydrogen (secondary N) is 2. The number of carboxylic acid groups (broad SMARTS) is 1. The molecule has 0 saturated heterocycles. The van der Waals surface area contributed by atoms with Crippen LogP contribution in [0.4, 0.5) is 4.79 Å². The van der Waals surface area contributed by atoms with Gasteiger partial charge in [-0.05, 0) is 27.2 Å². The van der Waals surface area contributed by atoms with E-state index >= 15 is 0 Å². The SMILES string of the molecule is CCOC(C)(C)CNC(=O)N[C@H](CCC(N)=O)C(=O)O. The first kappa shape index (κ1) is 18.2. The van der Waals surface area contributed by atoms with Crippen LogP contribution >= 0.6 is 0 Å². The first-order chi connectivity index (χ1) is 9.18. The van der Waals surface area contributed by atoms with Crippen molar-refractivity contribution in [3.63, 3.8) is 0 Å². The molecule has 0 aliphatic carbocycles. The number of amides is 3. The molecule has 0 aromatic rings. The van der Waals surface area contributed by atoms with Gasteiger partial charge in [-0.2, -0.15) is 0 Å². The Morgan fingerprint density at radius 1 is 1.35 bits per heavy atom. The van der Waals surface area contributed by atoms with Crippen LogP contribution in [-0.4, -0.2) is 47.8 Å². The van der Waals surface area contributed by atoms with Gasteiger partial charge in [-0.1, -0.05) is 0 Å². The van der Waals surface area contributed by atoms with Crippen molar-refractivity contribution in [2.45, 2.75) is 45.3 Å². The second kappa shape index (κ2) is 8.36. The zero-order valence-electron chi connectivity index (χ0n) is 12.1. The summed E-state index contributed by atoms with van der Waals surface area (Å²) in [4.78, 5) is 33.2. The van der Waals surface area contributed by atoms with Crippen LogP contribution in [-0.2, 0) is 14.3 Å². The van der Waals surface area contributed by atoms with Crippen molar-refractivity contribution in [3.8, 4) is 0 Å². The van der Waals surface area contributed by atoms with Crippen LogP contribution in [0.2, 0.25) is 0 Å². The molecule has 0 heterocycles. The lowest BCUT2D eigenvalue weighted by Gasteiger charge is -2.25. The first-order valence-electron chi connectivity index (χ1n) is 6.37. The molecule has 20 heavy (non-hydrogen) atoms. The van der Waals surface area contributed by atoms with Crippen LogP contribution < -0.4 is 16.4 Å². The predicted molar refractivity (Wildman–Crippen MR) is 72.1 cm³/mol. The van der Waals surface area contributed by atoms with Crippen molar-refractivity contribution in [1.82, 2.24) is 10.6 Å². The number of primary amides is 1. The fourth-order valence-electron chi connectivity index (χ4n) is 1.49. The van der Waals surface area contributed by atoms with Gasteiger partial charge in [0.15, 0.2) is 0 Å². The maximum Gasteiger partial charge on any atom is 0.326 e. The van der Waals surface area contributed by atoms with Crippen LogP contribution in [0.3, 0.4) is 0 Å². The number of urea groups is 1. The lowest BCUT2D eigenvalue weighted by atomic mass is 10.1. The number of nitrogens with two attached hydrogens (primary N) is 1. The minimum atomic E-state index is -1.22. The van der Waals surface area contributed by atoms with Gasteiger partial charge in [-0.25, -0.2) is 9.59 Å². The molecule has 0 aromatic carbocycles. The van der Waals surface area contributed by atoms with Gasteiger partial charge in [0.2, 0.25) is 5.91 Å². The van der Waals surface area contributed by atoms with E-state index in [0.717, 1.165) is 0 Å². The number of carboxylic acids is 1. The zero-order valence-corrected chi connectivity index (χ0v) is 12.1. The minimum Gasteiger partial charge on any atom is -0.480 e. The average molecular weight is 289 g/mol. The highest BCUT2D eigenvalue weighted by Crippen LogP contribution is 2.06. The van der Waals surface area contributed by atoms with Crippen molar-refractivity contribution in [2.75, 3.05) is 13.2 Å². The summed E-state index contributed by atoms with van der Waals surface area (Å²) in [6.07, 6.45) is -0.158. The fraction of sp³-hybridized carbons (Fsp3) is 0.750. The molecule has 8 heteroatoms. The summed E-state index contributed by atoms with van der Waals surface area (Å²) in [5.74, 6) is -1.83. The highest BCUT2D eigenvalue weighted by molar-refractivity contribution is 5.83. The third-order valence-corrected chi connectivity index (χ3v) is 2.49. The number of ether oxygens (including phenoxy) is 1. The second-order valence-corrected chi connectivity index (χ2v) is 4.92. The number of carbonyl (C=O) groups excluding carboxylic acids is 2. The molecule has 116 valence electrons. The molecule has 1 atom stereocenters. The van der Waals surface area contributed by atoms with E-state index in [-0.39, 0.29) is 19.4 Å². The van der Waals surface area contributed by atoms with Crippen molar-refractivity contribution in [3.05, 3.63) is 0 Å². The summed E-state index contributed by atoms with van der Waals surface area (Å²) < 4.78 is 5.39. The third-order valence-electron chi connectivity index (χ3n) is 2.49. The summed E-state index contributed by atoms with van der Waals surface area (Å²) in [6, 6.07) is -1.78. The summed E-state index contributed by atoms with van der Waals surface area (Å²) >= 11 is 0. The van der Waals surface area contributed by atoms with Crippen LogP contribution in [0.1, 0.15) is 33.6 Å². The number of carbonyl (C=O) groups is 3. The molecule has 0 unspecified atom stereocenters. The third kappa shape index (κ3) is 8.30. The molecule has 0 bridgehead atoms. The van der Waals surface area contributed by atoms with E-state index in [9.17, 15) is 14.4 Å². The van der Waals surface area contributed by atoms with Crippen molar-refractivity contribution in [2.24, 2.45) is 5.73 Å². The van der Waals surface area contributed by atoms with E-state index < -0.39 is 29.6 Å². The largest absolute Gasteiger partial charge is 0.480 e. The normalized spacial score (nSPS) is 12.6. The Morgan fingerprint density at radius 3 is 2.40 bits per heavy atom. The molecule has 0 rings (SSSR count). The maximum atomic E-state index is 11.6. The van der Waals surface area contributed by atoms with Crippen molar-refractivity contribution < 1.29 is 24.2 Å². The van der Waals surface area contributed by atoms with Gasteiger partial charge in [0.05, 0.1) is 5.60 Å². The molecule has 5 N–H and O–H groups in total. The molecule has 8 nitrogen and oxygen atoms in total. The summed E-state index contributed by atoms with van der Waals surface area (Å²) in [5, 5.41) is 13.7. The topological polar surface area (TPSA) is 131 Å². The van der Waals surface area contributed by atoms with Gasteiger partial charge in [-0.15, -0.1) is 0 Å². The number of rotatable bonds is 9. The van der Waals surface area contributed by atoms with E-state index in [4.69, 9.17) is 15.6 Å². The minimum absolute atomic E-state index is 0.0487. The van der Waals surface area contributed by atoms with E-state index in [1.165, 1.54) is 0 Å². The summed E-state index contributed by atoms with van der Waals surface area (Å²) in [7, 11) is 0. The van der Waals surface area contributed by atoms with Gasteiger partial charge < -0.3 is 26.2 Å². The van der Waals surface area contributed by atoms with Crippen LogP contribution in [0.15, 0.2) is 0 Å². The number of hydrogen-bond donors (Lipinski definition) is 4. The van der Waals surface area contributed by atoms with Gasteiger partial charge in [0, 0.05) is 19.6 Å². The van der Waals surface area contributed by atoms with Gasteiger partial charge in [0.1, 0.15) is 6.04 Å². The van der Waals surface area contributed by atoms with Crippen molar-refractivity contribution >= 4 is 17.9 Å². The predicted octanol–water partition coefficient (Wildman–Crippen LogP) is -0.181. The molecular formula is C12H23N3O5. The Balaban J connectivity index is 4.26. The molecular weight excluding hydrogens is 266 g/mol. The van der Waals surface area contributed by atoms with E-state index in [1.54, 1.807) is 13.8 Å². The molecule has 0 radical (unpaired) electrons. The Morgan fingerprint density at radius 2 is 1.95 bits per heavy atom. The number of hydrogen-bond acceptors (Lipinski definition) is 4. The van der Waals surface area contributed by atoms with E-state index in [0.29, 0.717) is 6.61 Å². The van der Waals surface area contributed by atoms with Crippen LogP contribution in [0, 0.1) is 0 Å². The van der Waals surface area contributed by atoms with E-state index in [1.807, 2.05) is 6.92 Å².